The quantitative estimate of drug-likeness (QED) is 0.775. The Kier molecular flexibility index (Phi) is 5.65. The molecule has 0 saturated carbocycles. The van der Waals surface area contributed by atoms with E-state index in [0.29, 0.717) is 6.54 Å². The van der Waals surface area contributed by atoms with E-state index in [9.17, 15) is 4.79 Å². The van der Waals surface area contributed by atoms with E-state index in [1.54, 1.807) is 0 Å². The molecule has 1 aromatic rings. The Morgan fingerprint density at radius 1 is 1.39 bits per heavy atom. The van der Waals surface area contributed by atoms with Gasteiger partial charge in [-0.15, -0.1) is 5.10 Å². The van der Waals surface area contributed by atoms with Crippen molar-refractivity contribution in [1.82, 2.24) is 20.5 Å². The Labute approximate surface area is 113 Å². The molecule has 18 heavy (non-hydrogen) atoms. The monoisotopic (exact) mass is 270 g/mol. The van der Waals surface area contributed by atoms with E-state index in [1.165, 1.54) is 0 Å². The van der Waals surface area contributed by atoms with E-state index >= 15 is 0 Å². The lowest BCUT2D eigenvalue weighted by molar-refractivity contribution is 0.0943. The van der Waals surface area contributed by atoms with Crippen LogP contribution in [0.2, 0.25) is 0 Å². The molecule has 0 atom stereocenters. The number of aromatic nitrogens is 3. The summed E-state index contributed by atoms with van der Waals surface area (Å²) < 4.78 is 0. The number of unbranched alkanes of at least 4 members (excludes halogenated alkanes) is 1. The minimum Gasteiger partial charge on any atom is -0.349 e. The van der Waals surface area contributed by atoms with E-state index < -0.39 is 0 Å². The minimum absolute atomic E-state index is 0.121. The van der Waals surface area contributed by atoms with Gasteiger partial charge in [0.1, 0.15) is 5.82 Å². The van der Waals surface area contributed by atoms with Crippen molar-refractivity contribution >= 4 is 17.7 Å². The van der Waals surface area contributed by atoms with Crippen LogP contribution in [0.4, 0.5) is 0 Å². The third-order valence-corrected chi connectivity index (χ3v) is 3.16. The van der Waals surface area contributed by atoms with Crippen molar-refractivity contribution in [1.29, 1.82) is 0 Å². The summed E-state index contributed by atoms with van der Waals surface area (Å²) in [6.07, 6.45) is 4.19. The van der Waals surface area contributed by atoms with Crippen molar-refractivity contribution in [3.8, 4) is 0 Å². The molecule has 0 aromatic carbocycles. The largest absolute Gasteiger partial charge is 0.349 e. The lowest BCUT2D eigenvalue weighted by atomic mass is 9.96. The zero-order valence-electron chi connectivity index (χ0n) is 11.5. The molecule has 1 heterocycles. The normalized spacial score (nSPS) is 11.6. The fourth-order valence-corrected chi connectivity index (χ4v) is 1.84. The maximum absolute atomic E-state index is 11.8. The average molecular weight is 270 g/mol. The number of H-pyrrole nitrogens is 1. The van der Waals surface area contributed by atoms with E-state index in [2.05, 4.69) is 26.8 Å². The summed E-state index contributed by atoms with van der Waals surface area (Å²) in [5.41, 5.74) is -0.121. The molecule has 0 aliphatic rings. The summed E-state index contributed by atoms with van der Waals surface area (Å²) in [5.74, 6) is 1.88. The predicted octanol–water partition coefficient (Wildman–Crippen LogP) is 1.98. The fraction of sp³-hybridized carbons (Fsp3) is 0.750. The molecule has 0 spiro atoms. The second-order valence-corrected chi connectivity index (χ2v) is 6.20. The standard InChI is InChI=1S/C12H22N4OS/c1-12(2,3)11-14-9(15-16-11)10(17)13-7-5-6-8-18-4/h5-8H2,1-4H3,(H,13,17)(H,14,15,16). The lowest BCUT2D eigenvalue weighted by Gasteiger charge is -2.12. The predicted molar refractivity (Wildman–Crippen MR) is 75.0 cm³/mol. The summed E-state index contributed by atoms with van der Waals surface area (Å²) in [6.45, 7) is 6.76. The third kappa shape index (κ3) is 4.68. The van der Waals surface area contributed by atoms with Gasteiger partial charge in [0.25, 0.3) is 5.91 Å². The molecule has 1 amide bonds. The third-order valence-electron chi connectivity index (χ3n) is 2.46. The highest BCUT2D eigenvalue weighted by molar-refractivity contribution is 7.98. The van der Waals surface area contributed by atoms with Crippen LogP contribution in [-0.4, -0.2) is 39.6 Å². The summed E-state index contributed by atoms with van der Waals surface area (Å²) in [6, 6.07) is 0. The summed E-state index contributed by atoms with van der Waals surface area (Å²) in [7, 11) is 0. The number of carbonyl (C=O) groups excluding carboxylic acids is 1. The van der Waals surface area contributed by atoms with Crippen molar-refractivity contribution < 1.29 is 4.79 Å². The molecule has 0 bridgehead atoms. The molecule has 102 valence electrons. The Morgan fingerprint density at radius 3 is 2.67 bits per heavy atom. The molecule has 6 heteroatoms. The zero-order valence-corrected chi connectivity index (χ0v) is 12.4. The van der Waals surface area contributed by atoms with Crippen LogP contribution in [-0.2, 0) is 5.41 Å². The number of rotatable bonds is 6. The van der Waals surface area contributed by atoms with Crippen LogP contribution in [0.15, 0.2) is 0 Å². The average Bonchev–Trinajstić information content (AvgIpc) is 2.77. The number of aromatic amines is 1. The molecule has 1 aromatic heterocycles. The van der Waals surface area contributed by atoms with Gasteiger partial charge in [-0.25, -0.2) is 4.98 Å². The Hall–Kier alpha value is -1.04. The van der Waals surface area contributed by atoms with Gasteiger partial charge in [-0.2, -0.15) is 11.8 Å². The van der Waals surface area contributed by atoms with E-state index in [4.69, 9.17) is 0 Å². The van der Waals surface area contributed by atoms with Crippen LogP contribution in [0.3, 0.4) is 0 Å². The van der Waals surface area contributed by atoms with Gasteiger partial charge in [0.15, 0.2) is 0 Å². The first-order chi connectivity index (χ1) is 8.45. The molecule has 0 aliphatic carbocycles. The summed E-state index contributed by atoms with van der Waals surface area (Å²) in [4.78, 5) is 16.0. The molecule has 0 saturated heterocycles. The number of thioether (sulfide) groups is 1. The van der Waals surface area contributed by atoms with Crippen LogP contribution in [0, 0.1) is 0 Å². The maximum atomic E-state index is 11.8. The molecule has 0 radical (unpaired) electrons. The van der Waals surface area contributed by atoms with Crippen LogP contribution in [0.5, 0.6) is 0 Å². The summed E-state index contributed by atoms with van der Waals surface area (Å²) in [5, 5.41) is 9.59. The number of hydrogen-bond donors (Lipinski definition) is 2. The van der Waals surface area contributed by atoms with E-state index in [-0.39, 0.29) is 17.1 Å². The first-order valence-electron chi connectivity index (χ1n) is 6.15. The van der Waals surface area contributed by atoms with Crippen LogP contribution in [0.25, 0.3) is 0 Å². The van der Waals surface area contributed by atoms with Gasteiger partial charge in [-0.05, 0) is 24.9 Å². The molecule has 0 unspecified atom stereocenters. The SMILES string of the molecule is CSCCCCNC(=O)c1n[nH]c(C(C)(C)C)n1. The highest BCUT2D eigenvalue weighted by Gasteiger charge is 2.20. The van der Waals surface area contributed by atoms with Gasteiger partial charge in [0, 0.05) is 12.0 Å². The van der Waals surface area contributed by atoms with Crippen molar-refractivity contribution in [2.24, 2.45) is 0 Å². The molecular formula is C12H22N4OS. The second kappa shape index (κ2) is 6.78. The first-order valence-corrected chi connectivity index (χ1v) is 7.54. The van der Waals surface area contributed by atoms with Gasteiger partial charge in [0.2, 0.25) is 5.82 Å². The first kappa shape index (κ1) is 15.0. The van der Waals surface area contributed by atoms with Crippen molar-refractivity contribution in [3.05, 3.63) is 11.6 Å². The topological polar surface area (TPSA) is 70.7 Å². The van der Waals surface area contributed by atoms with Gasteiger partial charge in [0.05, 0.1) is 0 Å². The number of nitrogens with zero attached hydrogens (tertiary/aromatic N) is 2. The van der Waals surface area contributed by atoms with Crippen LogP contribution < -0.4 is 5.32 Å². The Balaban J connectivity index is 2.40. The van der Waals surface area contributed by atoms with Crippen molar-refractivity contribution in [2.75, 3.05) is 18.6 Å². The fourth-order valence-electron chi connectivity index (χ4n) is 1.35. The van der Waals surface area contributed by atoms with Gasteiger partial charge in [-0.3, -0.25) is 9.89 Å². The lowest BCUT2D eigenvalue weighted by Crippen LogP contribution is -2.26. The van der Waals surface area contributed by atoms with Gasteiger partial charge >= 0.3 is 0 Å². The number of nitrogens with one attached hydrogen (secondary N) is 2. The second-order valence-electron chi connectivity index (χ2n) is 5.21. The maximum Gasteiger partial charge on any atom is 0.290 e. The molecule has 0 fully saturated rings. The van der Waals surface area contributed by atoms with Crippen LogP contribution >= 0.6 is 11.8 Å². The van der Waals surface area contributed by atoms with E-state index in [1.807, 2.05) is 32.5 Å². The highest BCUT2D eigenvalue weighted by atomic mass is 32.2. The highest BCUT2D eigenvalue weighted by Crippen LogP contribution is 2.17. The van der Waals surface area contributed by atoms with Gasteiger partial charge in [-0.1, -0.05) is 20.8 Å². The number of amides is 1. The van der Waals surface area contributed by atoms with Gasteiger partial charge < -0.3 is 5.32 Å². The molecule has 1 rings (SSSR count). The van der Waals surface area contributed by atoms with Crippen molar-refractivity contribution in [3.63, 3.8) is 0 Å². The van der Waals surface area contributed by atoms with Crippen molar-refractivity contribution in [2.45, 2.75) is 39.0 Å². The number of carbonyl (C=O) groups is 1. The Morgan fingerprint density at radius 2 is 2.11 bits per heavy atom. The molecule has 5 nitrogen and oxygen atoms in total. The Bertz CT molecular complexity index is 384. The smallest absolute Gasteiger partial charge is 0.290 e. The minimum atomic E-state index is -0.203. The number of hydrogen-bond acceptors (Lipinski definition) is 4. The molecule has 2 N–H and O–H groups in total. The molecule has 0 aliphatic heterocycles. The zero-order chi connectivity index (χ0) is 13.6. The van der Waals surface area contributed by atoms with Crippen LogP contribution in [0.1, 0.15) is 50.1 Å². The molecular weight excluding hydrogens is 248 g/mol. The van der Waals surface area contributed by atoms with E-state index in [0.717, 1.165) is 24.4 Å². The summed E-state index contributed by atoms with van der Waals surface area (Å²) >= 11 is 1.82.